The number of carbonyl (C=O) groups is 1. The molecule has 0 bridgehead atoms. The van der Waals surface area contributed by atoms with Gasteiger partial charge in [0, 0.05) is 5.69 Å². The number of hydrogen-bond donors (Lipinski definition) is 3. The lowest BCUT2D eigenvalue weighted by molar-refractivity contribution is -0.225. The minimum atomic E-state index is -1.29. The number of carbonyl (C=O) groups excluding carboxylic acids is 1. The van der Waals surface area contributed by atoms with Gasteiger partial charge in [-0.25, -0.2) is 4.89 Å². The molecule has 0 atom stereocenters. The lowest BCUT2D eigenvalue weighted by Crippen LogP contribution is -2.34. The number of rotatable bonds is 7. The summed E-state index contributed by atoms with van der Waals surface area (Å²) in [6.07, 6.45) is 1.14. The van der Waals surface area contributed by atoms with Gasteiger partial charge in [-0.05, 0) is 23.7 Å². The van der Waals surface area contributed by atoms with Crippen LogP contribution in [0.4, 0.5) is 5.69 Å². The van der Waals surface area contributed by atoms with Gasteiger partial charge in [0.15, 0.2) is 0 Å². The van der Waals surface area contributed by atoms with E-state index in [1.165, 1.54) is 6.07 Å². The van der Waals surface area contributed by atoms with Gasteiger partial charge in [0.2, 0.25) is 5.91 Å². The van der Waals surface area contributed by atoms with Crippen LogP contribution >= 0.6 is 0 Å². The quantitative estimate of drug-likeness (QED) is 0.199. The van der Waals surface area contributed by atoms with E-state index in [0.717, 1.165) is 6.08 Å². The molecule has 0 aliphatic carbocycles. The Morgan fingerprint density at radius 2 is 2.33 bits per heavy atom. The van der Waals surface area contributed by atoms with Crippen molar-refractivity contribution < 1.29 is 24.6 Å². The van der Waals surface area contributed by atoms with E-state index >= 15 is 0 Å². The second-order valence-corrected chi connectivity index (χ2v) is 3.31. The monoisotopic (exact) mass is 251 g/mol. The van der Waals surface area contributed by atoms with Crippen molar-refractivity contribution in [3.8, 4) is 0 Å². The lowest BCUT2D eigenvalue weighted by Gasteiger charge is -2.08. The second kappa shape index (κ2) is 7.62. The van der Waals surface area contributed by atoms with Gasteiger partial charge in [0.05, 0.1) is 6.61 Å². The Kier molecular flexibility index (Phi) is 6.09. The Labute approximate surface area is 105 Å². The molecule has 7 heteroatoms. The Hall–Kier alpha value is -1.67. The largest absolute Gasteiger partial charge is 0.523 e. The summed E-state index contributed by atoms with van der Waals surface area (Å²) < 4.78 is 0. The van der Waals surface area contributed by atoms with E-state index < -0.39 is 7.12 Å². The second-order valence-electron chi connectivity index (χ2n) is 3.31. The first-order chi connectivity index (χ1) is 8.67. The van der Waals surface area contributed by atoms with Gasteiger partial charge >= 0.3 is 7.12 Å². The molecule has 1 aromatic carbocycles. The first-order valence-electron chi connectivity index (χ1n) is 5.28. The zero-order chi connectivity index (χ0) is 13.4. The maximum Gasteiger partial charge on any atom is 0.523 e. The number of anilines is 1. The molecule has 1 amide bonds. The Morgan fingerprint density at radius 1 is 1.56 bits per heavy atom. The molecule has 96 valence electrons. The van der Waals surface area contributed by atoms with Crippen LogP contribution in [0.15, 0.2) is 36.9 Å². The molecule has 0 aliphatic rings. The predicted molar refractivity (Wildman–Crippen MR) is 67.0 cm³/mol. The summed E-state index contributed by atoms with van der Waals surface area (Å²) in [4.78, 5) is 20.3. The summed E-state index contributed by atoms with van der Waals surface area (Å²) in [5.41, 5.74) is 0.914. The minimum absolute atomic E-state index is 0.0377. The number of aliphatic hydroxyl groups excluding tert-OH is 1. The summed E-state index contributed by atoms with van der Waals surface area (Å²) in [7, 11) is -1.29. The van der Waals surface area contributed by atoms with Crippen LogP contribution in [0.1, 0.15) is 0 Å². The maximum atomic E-state index is 11.1. The van der Waals surface area contributed by atoms with Crippen molar-refractivity contribution in [1.82, 2.24) is 0 Å². The number of benzene rings is 1. The van der Waals surface area contributed by atoms with Crippen molar-refractivity contribution in [3.63, 3.8) is 0 Å². The van der Waals surface area contributed by atoms with E-state index in [4.69, 9.17) is 5.11 Å². The summed E-state index contributed by atoms with van der Waals surface area (Å²) in [5, 5.41) is 20.6. The fourth-order valence-electron chi connectivity index (χ4n) is 1.17. The molecule has 0 radical (unpaired) electrons. The first kappa shape index (κ1) is 14.4. The highest BCUT2D eigenvalue weighted by atomic mass is 17.2. The molecule has 0 unspecified atom stereocenters. The molecular formula is C11H14BNO5. The van der Waals surface area contributed by atoms with Gasteiger partial charge in [-0.3, -0.25) is 9.60 Å². The molecule has 0 aromatic heterocycles. The van der Waals surface area contributed by atoms with Crippen molar-refractivity contribution in [2.75, 3.05) is 18.5 Å². The van der Waals surface area contributed by atoms with E-state index in [1.807, 2.05) is 0 Å². The van der Waals surface area contributed by atoms with Gasteiger partial charge in [0.1, 0.15) is 6.61 Å². The van der Waals surface area contributed by atoms with Gasteiger partial charge in [0.25, 0.3) is 0 Å². The van der Waals surface area contributed by atoms with Gasteiger partial charge < -0.3 is 15.4 Å². The molecular weight excluding hydrogens is 237 g/mol. The SMILES string of the molecule is C=CC(=O)Nc1cccc(B(O)OOCCO)c1. The number of nitrogens with one attached hydrogen (secondary N) is 1. The molecule has 0 spiro atoms. The Morgan fingerprint density at radius 3 is 3.00 bits per heavy atom. The number of hydrogen-bond acceptors (Lipinski definition) is 5. The van der Waals surface area contributed by atoms with E-state index in [9.17, 15) is 9.82 Å². The fraction of sp³-hybridized carbons (Fsp3) is 0.182. The predicted octanol–water partition coefficient (Wildman–Crippen LogP) is -0.561. The molecule has 1 aromatic rings. The molecule has 3 N–H and O–H groups in total. The standard InChI is InChI=1S/C11H14BNO5/c1-2-11(15)13-10-5-3-4-9(8-10)12(16)18-17-7-6-14/h2-5,8,14,16H,1,6-7H2,(H,13,15). The van der Waals surface area contributed by atoms with Crippen LogP contribution in [-0.4, -0.2) is 36.4 Å². The average molecular weight is 251 g/mol. The summed E-state index contributed by atoms with van der Waals surface area (Å²) in [6, 6.07) is 6.45. The molecule has 0 saturated carbocycles. The third-order valence-electron chi connectivity index (χ3n) is 1.96. The molecule has 0 aliphatic heterocycles. The van der Waals surface area contributed by atoms with E-state index in [2.05, 4.69) is 21.6 Å². The van der Waals surface area contributed by atoms with Crippen molar-refractivity contribution in [3.05, 3.63) is 36.9 Å². The Balaban J connectivity index is 2.63. The first-order valence-corrected chi connectivity index (χ1v) is 5.28. The van der Waals surface area contributed by atoms with Crippen molar-refractivity contribution in [1.29, 1.82) is 0 Å². The van der Waals surface area contributed by atoms with E-state index in [-0.39, 0.29) is 19.1 Å². The van der Waals surface area contributed by atoms with Crippen LogP contribution < -0.4 is 10.8 Å². The van der Waals surface area contributed by atoms with Crippen LogP contribution in [0.2, 0.25) is 0 Å². The van der Waals surface area contributed by atoms with Gasteiger partial charge in [-0.1, -0.05) is 18.7 Å². The highest BCUT2D eigenvalue weighted by Crippen LogP contribution is 2.04. The Bertz CT molecular complexity index is 412. The topological polar surface area (TPSA) is 88.0 Å². The average Bonchev–Trinajstić information content (AvgIpc) is 2.39. The molecule has 1 rings (SSSR count). The molecule has 18 heavy (non-hydrogen) atoms. The number of aliphatic hydroxyl groups is 1. The molecule has 0 saturated heterocycles. The van der Waals surface area contributed by atoms with Crippen LogP contribution in [0.3, 0.4) is 0 Å². The minimum Gasteiger partial charge on any atom is -0.422 e. The van der Waals surface area contributed by atoms with Crippen molar-refractivity contribution >= 4 is 24.2 Å². The van der Waals surface area contributed by atoms with Crippen LogP contribution in [0.5, 0.6) is 0 Å². The lowest BCUT2D eigenvalue weighted by atomic mass is 9.80. The molecule has 0 fully saturated rings. The fourth-order valence-corrected chi connectivity index (χ4v) is 1.17. The van der Waals surface area contributed by atoms with E-state index in [0.29, 0.717) is 11.2 Å². The third kappa shape index (κ3) is 4.68. The maximum absolute atomic E-state index is 11.1. The van der Waals surface area contributed by atoms with Crippen LogP contribution in [0, 0.1) is 0 Å². The van der Waals surface area contributed by atoms with Crippen molar-refractivity contribution in [2.24, 2.45) is 0 Å². The van der Waals surface area contributed by atoms with Crippen molar-refractivity contribution in [2.45, 2.75) is 0 Å². The van der Waals surface area contributed by atoms with E-state index in [1.54, 1.807) is 18.2 Å². The van der Waals surface area contributed by atoms with Gasteiger partial charge in [-0.15, -0.1) is 0 Å². The molecule has 6 nitrogen and oxygen atoms in total. The van der Waals surface area contributed by atoms with Gasteiger partial charge in [-0.2, -0.15) is 0 Å². The molecule has 0 heterocycles. The van der Waals surface area contributed by atoms with Crippen LogP contribution in [0.25, 0.3) is 0 Å². The smallest absolute Gasteiger partial charge is 0.422 e. The number of amides is 1. The zero-order valence-electron chi connectivity index (χ0n) is 9.70. The summed E-state index contributed by atoms with van der Waals surface area (Å²) in [6.45, 7) is 3.09. The normalized spacial score (nSPS) is 9.89. The highest BCUT2D eigenvalue weighted by Gasteiger charge is 2.18. The zero-order valence-corrected chi connectivity index (χ0v) is 9.70. The van der Waals surface area contributed by atoms with Crippen LogP contribution in [-0.2, 0) is 14.5 Å². The summed E-state index contributed by atoms with van der Waals surface area (Å²) >= 11 is 0. The third-order valence-corrected chi connectivity index (χ3v) is 1.96. The highest BCUT2D eigenvalue weighted by molar-refractivity contribution is 6.59. The summed E-state index contributed by atoms with van der Waals surface area (Å²) in [5.74, 6) is -0.348.